The summed E-state index contributed by atoms with van der Waals surface area (Å²) in [5, 5.41) is 0. The van der Waals surface area contributed by atoms with Gasteiger partial charge in [0.1, 0.15) is 5.78 Å². The molecule has 11 heavy (non-hydrogen) atoms. The number of carbonyl (C=O) groups is 1. The van der Waals surface area contributed by atoms with Crippen molar-refractivity contribution < 1.29 is 4.79 Å². The third-order valence-electron chi connectivity index (χ3n) is 3.51. The van der Waals surface area contributed by atoms with E-state index in [-0.39, 0.29) is 5.41 Å². The summed E-state index contributed by atoms with van der Waals surface area (Å²) in [6, 6.07) is 0. The molecule has 60 valence electrons. The fourth-order valence-electron chi connectivity index (χ4n) is 2.80. The van der Waals surface area contributed by atoms with Gasteiger partial charge in [0.25, 0.3) is 0 Å². The lowest BCUT2D eigenvalue weighted by atomic mass is 9.58. The Morgan fingerprint density at radius 1 is 1.73 bits per heavy atom. The van der Waals surface area contributed by atoms with E-state index in [0.29, 0.717) is 11.7 Å². The van der Waals surface area contributed by atoms with Crippen LogP contribution in [0.2, 0.25) is 0 Å². The fourth-order valence-corrected chi connectivity index (χ4v) is 2.80. The van der Waals surface area contributed by atoms with Gasteiger partial charge in [-0.1, -0.05) is 18.6 Å². The molecule has 2 aliphatic rings. The van der Waals surface area contributed by atoms with Crippen LogP contribution in [0.5, 0.6) is 0 Å². The molecule has 2 aliphatic carbocycles. The molecule has 2 atom stereocenters. The quantitative estimate of drug-likeness (QED) is 0.524. The Hall–Kier alpha value is -0.590. The Morgan fingerprint density at radius 2 is 2.45 bits per heavy atom. The standard InChI is InChI=1S/C10H14O/c1-7(2)10-5-3-4-8(10)6-9(10)11/h8H,1,3-6H2,2H3. The third-order valence-corrected chi connectivity index (χ3v) is 3.51. The van der Waals surface area contributed by atoms with Crippen molar-refractivity contribution in [2.24, 2.45) is 11.3 Å². The highest BCUT2D eigenvalue weighted by Crippen LogP contribution is 2.58. The highest BCUT2D eigenvalue weighted by Gasteiger charge is 2.57. The second-order valence-electron chi connectivity index (χ2n) is 3.97. The molecule has 2 fully saturated rings. The van der Waals surface area contributed by atoms with Crippen LogP contribution in [-0.4, -0.2) is 5.78 Å². The van der Waals surface area contributed by atoms with Crippen LogP contribution in [0.1, 0.15) is 32.6 Å². The summed E-state index contributed by atoms with van der Waals surface area (Å²) in [7, 11) is 0. The molecule has 0 aromatic rings. The molecule has 0 amide bonds. The van der Waals surface area contributed by atoms with Gasteiger partial charge in [0.05, 0.1) is 5.41 Å². The molecule has 0 N–H and O–H groups in total. The van der Waals surface area contributed by atoms with Crippen LogP contribution >= 0.6 is 0 Å². The smallest absolute Gasteiger partial charge is 0.143 e. The van der Waals surface area contributed by atoms with Gasteiger partial charge < -0.3 is 0 Å². The average Bonchev–Trinajstić information content (AvgIpc) is 2.26. The predicted octanol–water partition coefficient (Wildman–Crippen LogP) is 2.32. The minimum absolute atomic E-state index is 0.0417. The van der Waals surface area contributed by atoms with Crippen molar-refractivity contribution >= 4 is 5.78 Å². The molecule has 1 heteroatoms. The molecule has 0 aromatic heterocycles. The van der Waals surface area contributed by atoms with E-state index in [9.17, 15) is 4.79 Å². The number of Topliss-reactive ketones (excluding diaryl/α,β-unsaturated/α-hetero) is 1. The van der Waals surface area contributed by atoms with Gasteiger partial charge in [-0.25, -0.2) is 0 Å². The van der Waals surface area contributed by atoms with Crippen LogP contribution in [0.15, 0.2) is 12.2 Å². The molecular weight excluding hydrogens is 136 g/mol. The first-order valence-corrected chi connectivity index (χ1v) is 4.37. The molecule has 2 rings (SSSR count). The number of hydrogen-bond acceptors (Lipinski definition) is 1. The van der Waals surface area contributed by atoms with Gasteiger partial charge in [-0.15, -0.1) is 0 Å². The van der Waals surface area contributed by atoms with Crippen molar-refractivity contribution in [2.75, 3.05) is 0 Å². The van der Waals surface area contributed by atoms with E-state index in [4.69, 9.17) is 0 Å². The number of rotatable bonds is 1. The lowest BCUT2D eigenvalue weighted by Gasteiger charge is -2.43. The monoisotopic (exact) mass is 150 g/mol. The van der Waals surface area contributed by atoms with Gasteiger partial charge in [-0.2, -0.15) is 0 Å². The molecule has 0 heterocycles. The molecular formula is C10H14O. The van der Waals surface area contributed by atoms with E-state index < -0.39 is 0 Å². The van der Waals surface area contributed by atoms with Crippen molar-refractivity contribution in [3.8, 4) is 0 Å². The second-order valence-corrected chi connectivity index (χ2v) is 3.97. The summed E-state index contributed by atoms with van der Waals surface area (Å²) in [4.78, 5) is 11.4. The number of fused-ring (bicyclic) bond motifs is 1. The molecule has 0 saturated heterocycles. The highest BCUT2D eigenvalue weighted by molar-refractivity contribution is 5.94. The molecule has 2 unspecified atom stereocenters. The van der Waals surface area contributed by atoms with E-state index in [2.05, 4.69) is 6.58 Å². The summed E-state index contributed by atoms with van der Waals surface area (Å²) < 4.78 is 0. The Balaban J connectivity index is 2.33. The summed E-state index contributed by atoms with van der Waals surface area (Å²) in [6.07, 6.45) is 4.38. The summed E-state index contributed by atoms with van der Waals surface area (Å²) in [6.45, 7) is 5.95. The summed E-state index contributed by atoms with van der Waals surface area (Å²) >= 11 is 0. The number of hydrogen-bond donors (Lipinski definition) is 0. The van der Waals surface area contributed by atoms with Crippen LogP contribution in [0.4, 0.5) is 0 Å². The fraction of sp³-hybridized carbons (Fsp3) is 0.700. The zero-order chi connectivity index (χ0) is 8.06. The largest absolute Gasteiger partial charge is 0.299 e. The van der Waals surface area contributed by atoms with Gasteiger partial charge in [-0.05, 0) is 25.7 Å². The SMILES string of the molecule is C=C(C)C12CCCC1CC2=O. The van der Waals surface area contributed by atoms with E-state index in [1.165, 1.54) is 12.8 Å². The number of carbonyl (C=O) groups excluding carboxylic acids is 1. The zero-order valence-electron chi connectivity index (χ0n) is 7.02. The number of allylic oxidation sites excluding steroid dienone is 1. The van der Waals surface area contributed by atoms with Gasteiger partial charge >= 0.3 is 0 Å². The van der Waals surface area contributed by atoms with Crippen molar-refractivity contribution in [3.63, 3.8) is 0 Å². The van der Waals surface area contributed by atoms with Gasteiger partial charge in [0.15, 0.2) is 0 Å². The molecule has 0 aromatic carbocycles. The van der Waals surface area contributed by atoms with Crippen molar-refractivity contribution in [3.05, 3.63) is 12.2 Å². The van der Waals surface area contributed by atoms with Crippen LogP contribution < -0.4 is 0 Å². The molecule has 2 saturated carbocycles. The van der Waals surface area contributed by atoms with E-state index >= 15 is 0 Å². The minimum atomic E-state index is -0.0417. The van der Waals surface area contributed by atoms with Crippen molar-refractivity contribution in [2.45, 2.75) is 32.6 Å². The van der Waals surface area contributed by atoms with E-state index in [1.807, 2.05) is 6.92 Å². The van der Waals surface area contributed by atoms with Gasteiger partial charge in [0.2, 0.25) is 0 Å². The maximum atomic E-state index is 11.4. The number of ketones is 1. The first-order valence-electron chi connectivity index (χ1n) is 4.37. The van der Waals surface area contributed by atoms with E-state index in [0.717, 1.165) is 18.4 Å². The summed E-state index contributed by atoms with van der Waals surface area (Å²) in [5.74, 6) is 1.11. The topological polar surface area (TPSA) is 17.1 Å². The third kappa shape index (κ3) is 0.640. The lowest BCUT2D eigenvalue weighted by Crippen LogP contribution is -2.46. The Kier molecular flexibility index (Phi) is 1.26. The first-order chi connectivity index (χ1) is 5.18. The molecule has 0 spiro atoms. The Bertz CT molecular complexity index is 219. The zero-order valence-corrected chi connectivity index (χ0v) is 7.02. The van der Waals surface area contributed by atoms with Crippen molar-refractivity contribution in [1.29, 1.82) is 0 Å². The van der Waals surface area contributed by atoms with Gasteiger partial charge in [-0.3, -0.25) is 4.79 Å². The predicted molar refractivity (Wildman–Crippen MR) is 44.2 cm³/mol. The summed E-state index contributed by atoms with van der Waals surface area (Å²) in [5.41, 5.74) is 1.07. The maximum Gasteiger partial charge on any atom is 0.143 e. The van der Waals surface area contributed by atoms with Crippen LogP contribution in [0.3, 0.4) is 0 Å². The lowest BCUT2D eigenvalue weighted by molar-refractivity contribution is -0.139. The van der Waals surface area contributed by atoms with Crippen LogP contribution in [-0.2, 0) is 4.79 Å². The Morgan fingerprint density at radius 3 is 2.82 bits per heavy atom. The average molecular weight is 150 g/mol. The van der Waals surface area contributed by atoms with Crippen molar-refractivity contribution in [1.82, 2.24) is 0 Å². The normalized spacial score (nSPS) is 41.5. The second kappa shape index (κ2) is 1.96. The van der Waals surface area contributed by atoms with Crippen LogP contribution in [0, 0.1) is 11.3 Å². The first kappa shape index (κ1) is 7.08. The Labute approximate surface area is 67.5 Å². The van der Waals surface area contributed by atoms with Crippen LogP contribution in [0.25, 0.3) is 0 Å². The molecule has 1 nitrogen and oxygen atoms in total. The molecule has 0 radical (unpaired) electrons. The maximum absolute atomic E-state index is 11.4. The van der Waals surface area contributed by atoms with E-state index in [1.54, 1.807) is 0 Å². The molecule has 0 bridgehead atoms. The minimum Gasteiger partial charge on any atom is -0.299 e. The highest BCUT2D eigenvalue weighted by atomic mass is 16.1. The molecule has 0 aliphatic heterocycles. The van der Waals surface area contributed by atoms with Gasteiger partial charge in [0, 0.05) is 6.42 Å².